The molecule has 0 aromatic heterocycles. The summed E-state index contributed by atoms with van der Waals surface area (Å²) in [6, 6.07) is 0. The first-order valence-corrected chi connectivity index (χ1v) is 7.01. The SMILES string of the molecule is CC1(C)C(C(=O)O)C1C(=O)NCC1CCCC1CO. The molecule has 0 saturated heterocycles. The first kappa shape index (κ1) is 14.3. The first-order valence-electron chi connectivity index (χ1n) is 7.01. The number of aliphatic hydroxyl groups excluding tert-OH is 1. The Morgan fingerprint density at radius 3 is 2.37 bits per heavy atom. The standard InChI is InChI=1S/C14H23NO4/c1-14(2)10(11(14)13(18)19)12(17)15-6-8-4-3-5-9(8)7-16/h8-11,16H,3-7H2,1-2H3,(H,15,17)(H,18,19). The van der Waals surface area contributed by atoms with Gasteiger partial charge in [0, 0.05) is 13.2 Å². The maximum absolute atomic E-state index is 12.1. The van der Waals surface area contributed by atoms with Crippen LogP contribution in [0.4, 0.5) is 0 Å². The molecule has 0 spiro atoms. The van der Waals surface area contributed by atoms with Gasteiger partial charge in [-0.1, -0.05) is 20.3 Å². The van der Waals surface area contributed by atoms with Crippen molar-refractivity contribution in [3.63, 3.8) is 0 Å². The Balaban J connectivity index is 1.84. The molecule has 2 rings (SSSR count). The van der Waals surface area contributed by atoms with E-state index in [-0.39, 0.29) is 18.4 Å². The number of carbonyl (C=O) groups is 2. The second kappa shape index (κ2) is 5.12. The topological polar surface area (TPSA) is 86.6 Å². The predicted octanol–water partition coefficient (Wildman–Crippen LogP) is 0.868. The molecule has 0 aromatic carbocycles. The van der Waals surface area contributed by atoms with Gasteiger partial charge in [0.05, 0.1) is 11.8 Å². The minimum absolute atomic E-state index is 0.152. The Morgan fingerprint density at radius 2 is 1.84 bits per heavy atom. The van der Waals surface area contributed by atoms with E-state index in [1.54, 1.807) is 0 Å². The number of amides is 1. The van der Waals surface area contributed by atoms with Crippen LogP contribution in [0.3, 0.4) is 0 Å². The Labute approximate surface area is 113 Å². The van der Waals surface area contributed by atoms with Gasteiger partial charge in [0.25, 0.3) is 0 Å². The van der Waals surface area contributed by atoms with Crippen LogP contribution < -0.4 is 5.32 Å². The number of hydrogen-bond donors (Lipinski definition) is 3. The number of hydrogen-bond acceptors (Lipinski definition) is 3. The molecule has 108 valence electrons. The van der Waals surface area contributed by atoms with Crippen LogP contribution in [0.2, 0.25) is 0 Å². The fourth-order valence-corrected chi connectivity index (χ4v) is 3.55. The van der Waals surface area contributed by atoms with Gasteiger partial charge in [-0.2, -0.15) is 0 Å². The van der Waals surface area contributed by atoms with Crippen molar-refractivity contribution in [2.24, 2.45) is 29.1 Å². The number of carboxylic acid groups (broad SMARTS) is 1. The van der Waals surface area contributed by atoms with Crippen molar-refractivity contribution < 1.29 is 19.8 Å². The Kier molecular flexibility index (Phi) is 3.85. The van der Waals surface area contributed by atoms with Gasteiger partial charge in [-0.05, 0) is 30.1 Å². The third kappa shape index (κ3) is 2.61. The molecule has 4 atom stereocenters. The van der Waals surface area contributed by atoms with Crippen LogP contribution in [0, 0.1) is 29.1 Å². The van der Waals surface area contributed by atoms with Gasteiger partial charge in [-0.15, -0.1) is 0 Å². The first-order chi connectivity index (χ1) is 8.89. The van der Waals surface area contributed by atoms with E-state index < -0.39 is 23.2 Å². The third-order valence-corrected chi connectivity index (χ3v) is 4.97. The summed E-state index contributed by atoms with van der Waals surface area (Å²) < 4.78 is 0. The number of carbonyl (C=O) groups excluding carboxylic acids is 1. The molecule has 3 N–H and O–H groups in total. The fourth-order valence-electron chi connectivity index (χ4n) is 3.55. The van der Waals surface area contributed by atoms with Crippen LogP contribution in [-0.4, -0.2) is 35.2 Å². The summed E-state index contributed by atoms with van der Waals surface area (Å²) >= 11 is 0. The van der Waals surface area contributed by atoms with Crippen LogP contribution in [-0.2, 0) is 9.59 Å². The van der Waals surface area contributed by atoms with E-state index in [2.05, 4.69) is 5.32 Å². The van der Waals surface area contributed by atoms with Crippen LogP contribution in [0.15, 0.2) is 0 Å². The molecule has 19 heavy (non-hydrogen) atoms. The van der Waals surface area contributed by atoms with Crippen molar-refractivity contribution in [3.8, 4) is 0 Å². The van der Waals surface area contributed by atoms with E-state index in [0.717, 1.165) is 19.3 Å². The quantitative estimate of drug-likeness (QED) is 0.691. The lowest BCUT2D eigenvalue weighted by atomic mass is 9.97. The maximum atomic E-state index is 12.1. The van der Waals surface area contributed by atoms with Crippen LogP contribution in [0.25, 0.3) is 0 Å². The van der Waals surface area contributed by atoms with Crippen LogP contribution in [0.5, 0.6) is 0 Å². The number of aliphatic hydroxyl groups is 1. The molecule has 0 radical (unpaired) electrons. The number of aliphatic carboxylic acids is 1. The molecule has 0 aromatic rings. The minimum atomic E-state index is -0.890. The maximum Gasteiger partial charge on any atom is 0.307 e. The molecule has 5 heteroatoms. The second-order valence-electron chi connectivity index (χ2n) is 6.49. The second-order valence-corrected chi connectivity index (χ2v) is 6.49. The average Bonchev–Trinajstić information content (AvgIpc) is 2.72. The summed E-state index contributed by atoms with van der Waals surface area (Å²) in [5.41, 5.74) is -0.442. The van der Waals surface area contributed by atoms with E-state index >= 15 is 0 Å². The highest BCUT2D eigenvalue weighted by atomic mass is 16.4. The normalized spacial score (nSPS) is 35.9. The molecule has 4 unspecified atom stereocenters. The molecular weight excluding hydrogens is 246 g/mol. The fraction of sp³-hybridized carbons (Fsp3) is 0.857. The molecule has 2 fully saturated rings. The van der Waals surface area contributed by atoms with Crippen molar-refractivity contribution >= 4 is 11.9 Å². The molecule has 5 nitrogen and oxygen atoms in total. The largest absolute Gasteiger partial charge is 0.481 e. The minimum Gasteiger partial charge on any atom is -0.481 e. The summed E-state index contributed by atoms with van der Waals surface area (Å²) in [5.74, 6) is -1.41. The zero-order chi connectivity index (χ0) is 14.2. The van der Waals surface area contributed by atoms with E-state index in [9.17, 15) is 14.7 Å². The lowest BCUT2D eigenvalue weighted by Crippen LogP contribution is -2.33. The Hall–Kier alpha value is -1.10. The van der Waals surface area contributed by atoms with Gasteiger partial charge in [-0.3, -0.25) is 9.59 Å². The number of carboxylic acids is 1. The zero-order valence-electron chi connectivity index (χ0n) is 11.6. The monoisotopic (exact) mass is 269 g/mol. The third-order valence-electron chi connectivity index (χ3n) is 4.97. The molecule has 0 bridgehead atoms. The molecule has 2 aliphatic rings. The molecular formula is C14H23NO4. The van der Waals surface area contributed by atoms with Crippen LogP contribution >= 0.6 is 0 Å². The smallest absolute Gasteiger partial charge is 0.307 e. The van der Waals surface area contributed by atoms with Gasteiger partial charge in [0.1, 0.15) is 0 Å². The lowest BCUT2D eigenvalue weighted by Gasteiger charge is -2.18. The molecule has 2 saturated carbocycles. The van der Waals surface area contributed by atoms with Gasteiger partial charge >= 0.3 is 5.97 Å². The zero-order valence-corrected chi connectivity index (χ0v) is 11.6. The summed E-state index contributed by atoms with van der Waals surface area (Å²) in [7, 11) is 0. The molecule has 1 amide bonds. The highest BCUT2D eigenvalue weighted by molar-refractivity contribution is 5.91. The summed E-state index contributed by atoms with van der Waals surface area (Å²) in [6.07, 6.45) is 3.14. The van der Waals surface area contributed by atoms with Crippen molar-refractivity contribution in [2.75, 3.05) is 13.2 Å². The van der Waals surface area contributed by atoms with Gasteiger partial charge in [0.2, 0.25) is 5.91 Å². The van der Waals surface area contributed by atoms with Gasteiger partial charge in [0.15, 0.2) is 0 Å². The number of nitrogens with one attached hydrogen (secondary N) is 1. The van der Waals surface area contributed by atoms with Gasteiger partial charge in [-0.25, -0.2) is 0 Å². The van der Waals surface area contributed by atoms with E-state index in [1.807, 2.05) is 13.8 Å². The molecule has 0 aliphatic heterocycles. The molecule has 2 aliphatic carbocycles. The van der Waals surface area contributed by atoms with Crippen molar-refractivity contribution in [3.05, 3.63) is 0 Å². The Bertz CT molecular complexity index is 380. The molecule has 0 heterocycles. The lowest BCUT2D eigenvalue weighted by molar-refractivity contribution is -0.140. The van der Waals surface area contributed by atoms with E-state index in [0.29, 0.717) is 12.5 Å². The summed E-state index contributed by atoms with van der Waals surface area (Å²) in [6.45, 7) is 4.38. The van der Waals surface area contributed by atoms with Crippen LogP contribution in [0.1, 0.15) is 33.1 Å². The van der Waals surface area contributed by atoms with E-state index in [4.69, 9.17) is 5.11 Å². The Morgan fingerprint density at radius 1 is 1.21 bits per heavy atom. The highest BCUT2D eigenvalue weighted by Crippen LogP contribution is 2.58. The van der Waals surface area contributed by atoms with Crippen molar-refractivity contribution in [2.45, 2.75) is 33.1 Å². The highest BCUT2D eigenvalue weighted by Gasteiger charge is 2.65. The summed E-state index contributed by atoms with van der Waals surface area (Å²) in [5, 5.41) is 21.2. The van der Waals surface area contributed by atoms with Gasteiger partial charge < -0.3 is 15.5 Å². The predicted molar refractivity (Wildman–Crippen MR) is 69.3 cm³/mol. The van der Waals surface area contributed by atoms with E-state index in [1.165, 1.54) is 0 Å². The van der Waals surface area contributed by atoms with Crippen molar-refractivity contribution in [1.29, 1.82) is 0 Å². The average molecular weight is 269 g/mol. The number of rotatable bonds is 5. The summed E-state index contributed by atoms with van der Waals surface area (Å²) in [4.78, 5) is 23.1. The van der Waals surface area contributed by atoms with Crippen molar-refractivity contribution in [1.82, 2.24) is 5.32 Å².